The number of amides is 1. The first-order chi connectivity index (χ1) is 16.3. The second kappa shape index (κ2) is 7.60. The van der Waals surface area contributed by atoms with E-state index in [1.807, 2.05) is 4.90 Å². The van der Waals surface area contributed by atoms with Crippen LogP contribution in [-0.2, 0) is 4.79 Å². The highest BCUT2D eigenvalue weighted by atomic mass is 19.1. The van der Waals surface area contributed by atoms with Gasteiger partial charge in [0.25, 0.3) is 0 Å². The van der Waals surface area contributed by atoms with Crippen molar-refractivity contribution < 1.29 is 23.1 Å². The van der Waals surface area contributed by atoms with Crippen LogP contribution in [0.2, 0.25) is 0 Å². The topological polar surface area (TPSA) is 56.3 Å². The molecule has 178 valence electrons. The fourth-order valence-corrected chi connectivity index (χ4v) is 6.84. The van der Waals surface area contributed by atoms with Gasteiger partial charge in [-0.2, -0.15) is 0 Å². The molecule has 3 aliphatic rings. The number of nitrogens with zero attached hydrogens (tertiary/aromatic N) is 1. The van der Waals surface area contributed by atoms with Crippen molar-refractivity contribution in [3.05, 3.63) is 59.4 Å². The fraction of sp³-hybridized carbons (Fsp3) is 0.444. The molecular weight excluding hydrogens is 441 g/mol. The van der Waals surface area contributed by atoms with Gasteiger partial charge in [0.05, 0.1) is 23.9 Å². The van der Waals surface area contributed by atoms with Crippen LogP contribution in [-0.4, -0.2) is 39.1 Å². The maximum Gasteiger partial charge on any atom is 0.226 e. The van der Waals surface area contributed by atoms with E-state index in [1.54, 1.807) is 12.1 Å². The third kappa shape index (κ3) is 3.13. The molecule has 0 radical (unpaired) electrons. The first-order valence-corrected chi connectivity index (χ1v) is 12.0. The van der Waals surface area contributed by atoms with Crippen LogP contribution in [0.3, 0.4) is 0 Å². The smallest absolute Gasteiger partial charge is 0.226 e. The molecule has 1 aliphatic heterocycles. The highest BCUT2D eigenvalue weighted by Crippen LogP contribution is 2.54. The van der Waals surface area contributed by atoms with Crippen molar-refractivity contribution in [1.82, 2.24) is 9.88 Å². The molecule has 7 heteroatoms. The highest BCUT2D eigenvalue weighted by Gasteiger charge is 2.57. The molecular formula is C27H27F3N2O2. The SMILES string of the molecule is CC12CCC(C1)C(CO)N2C(=O)C1CC(c2c(-c3ccc(F)cc3)[nH]c3c(F)cc(F)cc23)C1. The first kappa shape index (κ1) is 21.7. The Hall–Kier alpha value is -2.80. The summed E-state index contributed by atoms with van der Waals surface area (Å²) >= 11 is 0. The van der Waals surface area contributed by atoms with Gasteiger partial charge in [-0.3, -0.25) is 4.79 Å². The van der Waals surface area contributed by atoms with Crippen molar-refractivity contribution in [2.45, 2.75) is 56.5 Å². The Kier molecular flexibility index (Phi) is 4.86. The van der Waals surface area contributed by atoms with Gasteiger partial charge in [-0.15, -0.1) is 0 Å². The number of aromatic amines is 1. The Morgan fingerprint density at radius 1 is 1.15 bits per heavy atom. The second-order valence-electron chi connectivity index (χ2n) is 10.6. The van der Waals surface area contributed by atoms with Crippen LogP contribution in [0, 0.1) is 29.3 Å². The lowest BCUT2D eigenvalue weighted by molar-refractivity contribution is -0.148. The van der Waals surface area contributed by atoms with Crippen molar-refractivity contribution in [2.24, 2.45) is 11.8 Å². The third-order valence-corrected chi connectivity index (χ3v) is 8.53. The van der Waals surface area contributed by atoms with Gasteiger partial charge in [0, 0.05) is 22.9 Å². The summed E-state index contributed by atoms with van der Waals surface area (Å²) in [7, 11) is 0. The van der Waals surface area contributed by atoms with Gasteiger partial charge in [0.15, 0.2) is 0 Å². The fourth-order valence-electron chi connectivity index (χ4n) is 6.84. The van der Waals surface area contributed by atoms with Gasteiger partial charge in [0.2, 0.25) is 5.91 Å². The minimum Gasteiger partial charge on any atom is -0.394 e. The average molecular weight is 469 g/mol. The number of rotatable bonds is 4. The minimum absolute atomic E-state index is 0.0160. The molecule has 2 aliphatic carbocycles. The largest absolute Gasteiger partial charge is 0.394 e. The number of fused-ring (bicyclic) bond motifs is 3. The summed E-state index contributed by atoms with van der Waals surface area (Å²) in [6.07, 6.45) is 4.11. The molecule has 0 spiro atoms. The van der Waals surface area contributed by atoms with E-state index < -0.39 is 11.6 Å². The molecule has 2 N–H and O–H groups in total. The van der Waals surface area contributed by atoms with Gasteiger partial charge in [-0.05, 0) is 92.3 Å². The number of halogens is 3. The Morgan fingerprint density at radius 2 is 1.88 bits per heavy atom. The molecule has 34 heavy (non-hydrogen) atoms. The normalized spacial score (nSPS) is 30.2. The number of aliphatic hydroxyl groups excluding tert-OH is 1. The Bertz CT molecular complexity index is 1280. The van der Waals surface area contributed by atoms with Crippen LogP contribution in [0.5, 0.6) is 0 Å². The van der Waals surface area contributed by atoms with Crippen molar-refractivity contribution in [2.75, 3.05) is 6.61 Å². The zero-order valence-electron chi connectivity index (χ0n) is 19.0. The summed E-state index contributed by atoms with van der Waals surface area (Å²) < 4.78 is 42.3. The molecule has 3 unspecified atom stereocenters. The average Bonchev–Trinajstić information content (AvgIpc) is 3.42. The first-order valence-electron chi connectivity index (χ1n) is 12.0. The van der Waals surface area contributed by atoms with Gasteiger partial charge in [-0.25, -0.2) is 13.2 Å². The molecule has 1 amide bonds. The number of aromatic nitrogens is 1. The van der Waals surface area contributed by atoms with E-state index in [-0.39, 0.29) is 47.3 Å². The van der Waals surface area contributed by atoms with E-state index in [2.05, 4.69) is 11.9 Å². The van der Waals surface area contributed by atoms with Crippen LogP contribution >= 0.6 is 0 Å². The quantitative estimate of drug-likeness (QED) is 0.531. The predicted molar refractivity (Wildman–Crippen MR) is 123 cm³/mol. The number of hydrogen-bond donors (Lipinski definition) is 2. The molecule has 3 fully saturated rings. The number of aliphatic hydroxyl groups is 1. The van der Waals surface area contributed by atoms with Gasteiger partial charge in [-0.1, -0.05) is 0 Å². The van der Waals surface area contributed by atoms with E-state index in [0.29, 0.717) is 35.4 Å². The monoisotopic (exact) mass is 468 g/mol. The third-order valence-electron chi connectivity index (χ3n) is 8.53. The van der Waals surface area contributed by atoms with Crippen LogP contribution in [0.15, 0.2) is 36.4 Å². The molecule has 3 atom stereocenters. The number of likely N-dealkylation sites (tertiary alicyclic amines) is 1. The number of benzene rings is 2. The lowest BCUT2D eigenvalue weighted by Crippen LogP contribution is -2.55. The maximum atomic E-state index is 14.6. The Labute approximate surface area is 195 Å². The number of carbonyl (C=O) groups excluding carboxylic acids is 1. The van der Waals surface area contributed by atoms with Crippen LogP contribution < -0.4 is 0 Å². The van der Waals surface area contributed by atoms with E-state index >= 15 is 0 Å². The van der Waals surface area contributed by atoms with Crippen LogP contribution in [0.4, 0.5) is 13.2 Å². The number of carbonyl (C=O) groups is 1. The summed E-state index contributed by atoms with van der Waals surface area (Å²) in [5.74, 6) is -1.50. The van der Waals surface area contributed by atoms with Crippen molar-refractivity contribution in [1.29, 1.82) is 0 Å². The number of H-pyrrole nitrogens is 1. The molecule has 3 aromatic rings. The lowest BCUT2D eigenvalue weighted by atomic mass is 9.69. The molecule has 2 bridgehead atoms. The Balaban J connectivity index is 1.33. The summed E-state index contributed by atoms with van der Waals surface area (Å²) in [6, 6.07) is 7.98. The van der Waals surface area contributed by atoms with Crippen LogP contribution in [0.25, 0.3) is 22.2 Å². The van der Waals surface area contributed by atoms with Gasteiger partial charge < -0.3 is 15.0 Å². The number of piperidine rings is 1. The van der Waals surface area contributed by atoms with E-state index in [0.717, 1.165) is 30.9 Å². The van der Waals surface area contributed by atoms with Gasteiger partial charge in [0.1, 0.15) is 17.5 Å². The zero-order valence-corrected chi connectivity index (χ0v) is 19.0. The van der Waals surface area contributed by atoms with Crippen molar-refractivity contribution in [3.8, 4) is 11.3 Å². The maximum absolute atomic E-state index is 14.6. The molecule has 6 rings (SSSR count). The summed E-state index contributed by atoms with van der Waals surface area (Å²) in [4.78, 5) is 18.6. The molecule has 4 nitrogen and oxygen atoms in total. The summed E-state index contributed by atoms with van der Waals surface area (Å²) in [5.41, 5.74) is 2.13. The number of hydrogen-bond acceptors (Lipinski definition) is 2. The summed E-state index contributed by atoms with van der Waals surface area (Å²) in [5, 5.41) is 10.4. The highest BCUT2D eigenvalue weighted by molar-refractivity contribution is 5.92. The van der Waals surface area contributed by atoms with Crippen LogP contribution in [0.1, 0.15) is 50.5 Å². The van der Waals surface area contributed by atoms with E-state index in [1.165, 1.54) is 18.2 Å². The molecule has 2 heterocycles. The lowest BCUT2D eigenvalue weighted by Gasteiger charge is -2.46. The van der Waals surface area contributed by atoms with Crippen molar-refractivity contribution >= 4 is 16.8 Å². The van der Waals surface area contributed by atoms with E-state index in [9.17, 15) is 23.1 Å². The second-order valence-corrected chi connectivity index (χ2v) is 10.6. The predicted octanol–water partition coefficient (Wildman–Crippen LogP) is 5.51. The Morgan fingerprint density at radius 3 is 2.59 bits per heavy atom. The molecule has 2 aromatic carbocycles. The minimum atomic E-state index is -0.677. The van der Waals surface area contributed by atoms with E-state index in [4.69, 9.17) is 0 Å². The molecule has 2 saturated carbocycles. The number of nitrogens with one attached hydrogen (secondary N) is 1. The zero-order chi connectivity index (χ0) is 23.8. The van der Waals surface area contributed by atoms with Crippen molar-refractivity contribution in [3.63, 3.8) is 0 Å². The summed E-state index contributed by atoms with van der Waals surface area (Å²) in [6.45, 7) is 2.10. The van der Waals surface area contributed by atoms with Gasteiger partial charge >= 0.3 is 0 Å². The molecule has 1 aromatic heterocycles. The standard InChI is InChI=1S/C27H27F3N2O2/c1-27-7-6-15(12-27)22(13-33)32(27)26(34)17-8-16(9-17)23-20-10-19(29)11-21(30)25(20)31-24(23)14-2-4-18(28)5-3-14/h2-5,10-11,15-17,22,31,33H,6-9,12-13H2,1H3. The molecule has 1 saturated heterocycles.